The number of rotatable bonds is 1. The highest BCUT2D eigenvalue weighted by Gasteiger charge is 2.17. The zero-order chi connectivity index (χ0) is 9.38. The second kappa shape index (κ2) is 3.61. The van der Waals surface area contributed by atoms with E-state index in [0.717, 1.165) is 5.52 Å². The molecule has 0 bridgehead atoms. The Morgan fingerprint density at radius 1 is 1.21 bits per heavy atom. The highest BCUT2D eigenvalue weighted by molar-refractivity contribution is 8.78. The lowest BCUT2D eigenvalue weighted by Gasteiger charge is -1.98. The summed E-state index contributed by atoms with van der Waals surface area (Å²) in [5, 5.41) is 3.82. The third-order valence-corrected chi connectivity index (χ3v) is 5.55. The predicted molar refractivity (Wildman–Crippen MR) is 66.7 cm³/mol. The van der Waals surface area contributed by atoms with Gasteiger partial charge in [-0.25, -0.2) is 4.98 Å². The molecule has 14 heavy (non-hydrogen) atoms. The molecule has 0 aliphatic carbocycles. The topological polar surface area (TPSA) is 12.9 Å². The molecule has 2 heterocycles. The van der Waals surface area contributed by atoms with Gasteiger partial charge in [0.15, 0.2) is 0 Å². The minimum absolute atomic E-state index is 0.456. The van der Waals surface area contributed by atoms with E-state index in [1.807, 2.05) is 16.9 Å². The van der Waals surface area contributed by atoms with E-state index >= 15 is 0 Å². The average molecular weight is 237 g/mol. The molecule has 0 N–H and O–H groups in total. The van der Waals surface area contributed by atoms with Crippen molar-refractivity contribution in [1.29, 1.82) is 0 Å². The second-order valence-corrected chi connectivity index (χ2v) is 6.34. The van der Waals surface area contributed by atoms with E-state index < -0.39 is 0 Å². The standard InChI is InChI=1S/C10H7NS3/c1-2-4-8-7(3-1)11-10(13-8)9-5-6-12-14-9/h1-6,9H. The molecule has 0 spiro atoms. The summed E-state index contributed by atoms with van der Waals surface area (Å²) in [4.78, 5) is 4.63. The van der Waals surface area contributed by atoms with Gasteiger partial charge in [0.25, 0.3) is 0 Å². The maximum atomic E-state index is 4.63. The van der Waals surface area contributed by atoms with Gasteiger partial charge < -0.3 is 0 Å². The molecule has 0 saturated carbocycles. The van der Waals surface area contributed by atoms with Crippen molar-refractivity contribution >= 4 is 43.1 Å². The van der Waals surface area contributed by atoms with Crippen LogP contribution in [-0.2, 0) is 0 Å². The fraction of sp³-hybridized carbons (Fsp3) is 0.100. The van der Waals surface area contributed by atoms with E-state index in [1.54, 1.807) is 22.1 Å². The van der Waals surface area contributed by atoms with Gasteiger partial charge in [-0.1, -0.05) is 39.8 Å². The molecule has 1 aliphatic heterocycles. The zero-order valence-electron chi connectivity index (χ0n) is 7.21. The number of para-hydroxylation sites is 1. The van der Waals surface area contributed by atoms with E-state index in [9.17, 15) is 0 Å². The van der Waals surface area contributed by atoms with E-state index in [1.165, 1.54) is 9.71 Å². The van der Waals surface area contributed by atoms with Crippen molar-refractivity contribution in [1.82, 2.24) is 4.98 Å². The van der Waals surface area contributed by atoms with Gasteiger partial charge in [0, 0.05) is 0 Å². The Balaban J connectivity index is 2.09. The lowest BCUT2D eigenvalue weighted by molar-refractivity contribution is 1.19. The Morgan fingerprint density at radius 2 is 2.14 bits per heavy atom. The Morgan fingerprint density at radius 3 is 2.93 bits per heavy atom. The summed E-state index contributed by atoms with van der Waals surface area (Å²) in [5.41, 5.74) is 1.12. The van der Waals surface area contributed by atoms with Gasteiger partial charge in [-0.15, -0.1) is 11.3 Å². The molecule has 2 aromatic rings. The first-order valence-electron chi connectivity index (χ1n) is 4.28. The van der Waals surface area contributed by atoms with Gasteiger partial charge >= 0.3 is 0 Å². The number of fused-ring (bicyclic) bond motifs is 1. The van der Waals surface area contributed by atoms with E-state index in [0.29, 0.717) is 5.25 Å². The average Bonchev–Trinajstić information content (AvgIpc) is 2.86. The lowest BCUT2D eigenvalue weighted by atomic mass is 10.3. The van der Waals surface area contributed by atoms with Crippen LogP contribution in [0.2, 0.25) is 0 Å². The fourth-order valence-corrected chi connectivity index (χ4v) is 4.76. The first kappa shape index (κ1) is 8.83. The third kappa shape index (κ3) is 1.47. The van der Waals surface area contributed by atoms with Crippen LogP contribution in [0.15, 0.2) is 35.7 Å². The van der Waals surface area contributed by atoms with Crippen molar-refractivity contribution in [3.8, 4) is 0 Å². The minimum Gasteiger partial charge on any atom is -0.240 e. The first-order chi connectivity index (χ1) is 6.93. The van der Waals surface area contributed by atoms with Gasteiger partial charge in [0.05, 0.1) is 15.5 Å². The van der Waals surface area contributed by atoms with E-state index in [-0.39, 0.29) is 0 Å². The molecule has 0 fully saturated rings. The highest BCUT2D eigenvalue weighted by Crippen LogP contribution is 2.47. The Labute approximate surface area is 94.0 Å². The van der Waals surface area contributed by atoms with Crippen molar-refractivity contribution in [2.75, 3.05) is 0 Å². The number of aromatic nitrogens is 1. The number of hydrogen-bond acceptors (Lipinski definition) is 4. The van der Waals surface area contributed by atoms with Crippen LogP contribution in [0.5, 0.6) is 0 Å². The maximum absolute atomic E-state index is 4.63. The molecule has 1 aromatic carbocycles. The maximum Gasteiger partial charge on any atom is 0.112 e. The lowest BCUT2D eigenvalue weighted by Crippen LogP contribution is -1.82. The van der Waals surface area contributed by atoms with Crippen molar-refractivity contribution in [3.05, 3.63) is 40.8 Å². The summed E-state index contributed by atoms with van der Waals surface area (Å²) in [6.45, 7) is 0. The molecule has 1 aliphatic rings. The van der Waals surface area contributed by atoms with Crippen LogP contribution in [0, 0.1) is 0 Å². The summed E-state index contributed by atoms with van der Waals surface area (Å²) in [5.74, 6) is 0. The third-order valence-electron chi connectivity index (χ3n) is 2.02. The van der Waals surface area contributed by atoms with Crippen molar-refractivity contribution < 1.29 is 0 Å². The van der Waals surface area contributed by atoms with Gasteiger partial charge in [0.1, 0.15) is 5.01 Å². The summed E-state index contributed by atoms with van der Waals surface area (Å²) in [6.07, 6.45) is 2.22. The monoisotopic (exact) mass is 237 g/mol. The molecule has 1 unspecified atom stereocenters. The SMILES string of the molecule is C1=CC(c2nc3ccccc3s2)SS1. The number of benzene rings is 1. The molecule has 1 atom stereocenters. The van der Waals surface area contributed by atoms with Gasteiger partial charge in [-0.2, -0.15) is 0 Å². The first-order valence-corrected chi connectivity index (χ1v) is 7.37. The molecule has 0 saturated heterocycles. The highest BCUT2D eigenvalue weighted by atomic mass is 33.1. The molecular weight excluding hydrogens is 230 g/mol. The van der Waals surface area contributed by atoms with Crippen LogP contribution in [0.25, 0.3) is 10.2 Å². The Bertz CT molecular complexity index is 456. The summed E-state index contributed by atoms with van der Waals surface area (Å²) in [6, 6.07) is 8.31. The Hall–Kier alpha value is -0.450. The van der Waals surface area contributed by atoms with Crippen LogP contribution < -0.4 is 0 Å². The number of hydrogen-bond donors (Lipinski definition) is 0. The van der Waals surface area contributed by atoms with Gasteiger partial charge in [-0.3, -0.25) is 0 Å². The van der Waals surface area contributed by atoms with Crippen molar-refractivity contribution in [2.45, 2.75) is 5.25 Å². The smallest absolute Gasteiger partial charge is 0.112 e. The molecule has 70 valence electrons. The Kier molecular flexibility index (Phi) is 2.27. The van der Waals surface area contributed by atoms with Gasteiger partial charge in [-0.05, 0) is 17.5 Å². The molecule has 0 amide bonds. The normalized spacial score (nSPS) is 20.7. The summed E-state index contributed by atoms with van der Waals surface area (Å²) < 4.78 is 1.29. The summed E-state index contributed by atoms with van der Waals surface area (Å²) in [7, 11) is 3.65. The zero-order valence-corrected chi connectivity index (χ0v) is 9.66. The number of thiazole rings is 1. The molecule has 1 aromatic heterocycles. The molecule has 0 radical (unpaired) electrons. The molecule has 3 rings (SSSR count). The van der Waals surface area contributed by atoms with Crippen LogP contribution in [0.3, 0.4) is 0 Å². The van der Waals surface area contributed by atoms with E-state index in [2.05, 4.69) is 34.7 Å². The number of nitrogens with zero attached hydrogens (tertiary/aromatic N) is 1. The van der Waals surface area contributed by atoms with Crippen LogP contribution >= 0.6 is 32.9 Å². The van der Waals surface area contributed by atoms with Crippen molar-refractivity contribution in [3.63, 3.8) is 0 Å². The van der Waals surface area contributed by atoms with Crippen LogP contribution in [0.4, 0.5) is 0 Å². The fourth-order valence-electron chi connectivity index (χ4n) is 1.36. The second-order valence-electron chi connectivity index (χ2n) is 2.96. The van der Waals surface area contributed by atoms with Crippen molar-refractivity contribution in [2.24, 2.45) is 0 Å². The molecular formula is C10H7NS3. The molecule has 1 nitrogen and oxygen atoms in total. The quantitative estimate of drug-likeness (QED) is 0.688. The summed E-state index contributed by atoms with van der Waals surface area (Å²) >= 11 is 1.80. The van der Waals surface area contributed by atoms with Crippen LogP contribution in [-0.4, -0.2) is 4.98 Å². The van der Waals surface area contributed by atoms with E-state index in [4.69, 9.17) is 0 Å². The largest absolute Gasteiger partial charge is 0.240 e. The van der Waals surface area contributed by atoms with Gasteiger partial charge in [0.2, 0.25) is 0 Å². The minimum atomic E-state index is 0.456. The molecule has 4 heteroatoms. The predicted octanol–water partition coefficient (Wildman–Crippen LogP) is 4.25. The van der Waals surface area contributed by atoms with Crippen LogP contribution in [0.1, 0.15) is 10.3 Å².